The molecule has 1 aromatic carbocycles. The van der Waals surface area contributed by atoms with Crippen molar-refractivity contribution in [3.8, 4) is 0 Å². The van der Waals surface area contributed by atoms with Gasteiger partial charge in [0.2, 0.25) is 0 Å². The van der Waals surface area contributed by atoms with Crippen molar-refractivity contribution in [3.63, 3.8) is 0 Å². The van der Waals surface area contributed by atoms with Crippen LogP contribution in [0.5, 0.6) is 0 Å². The zero-order valence-corrected chi connectivity index (χ0v) is 10.1. The molecule has 0 spiro atoms. The Bertz CT molecular complexity index is 653. The number of anilines is 1. The molecule has 0 aliphatic heterocycles. The highest BCUT2D eigenvalue weighted by molar-refractivity contribution is 5.80. The Morgan fingerprint density at radius 2 is 2.11 bits per heavy atom. The highest BCUT2D eigenvalue weighted by atomic mass is 16.4. The molecule has 0 saturated heterocycles. The first-order valence-corrected chi connectivity index (χ1v) is 5.73. The van der Waals surface area contributed by atoms with Crippen molar-refractivity contribution in [1.82, 2.24) is 0 Å². The van der Waals surface area contributed by atoms with Gasteiger partial charge in [-0.3, -0.25) is 0 Å². The SMILES string of the molecule is CCN(CC=C=O)c1ccc2ccc(=O)oc2c1. The third-order valence-electron chi connectivity index (χ3n) is 2.75. The third-order valence-corrected chi connectivity index (χ3v) is 2.75. The summed E-state index contributed by atoms with van der Waals surface area (Å²) in [5.74, 6) is 1.76. The number of carbonyl (C=O) groups excluding carboxylic acids is 1. The molecule has 0 radical (unpaired) electrons. The summed E-state index contributed by atoms with van der Waals surface area (Å²) in [4.78, 5) is 23.4. The molecule has 4 heteroatoms. The van der Waals surface area contributed by atoms with Crippen LogP contribution in [0.3, 0.4) is 0 Å². The maximum Gasteiger partial charge on any atom is 0.336 e. The van der Waals surface area contributed by atoms with E-state index in [-0.39, 0.29) is 5.63 Å². The van der Waals surface area contributed by atoms with Crippen LogP contribution < -0.4 is 10.5 Å². The zero-order chi connectivity index (χ0) is 13.0. The molecule has 0 N–H and O–H groups in total. The number of rotatable bonds is 4. The van der Waals surface area contributed by atoms with Crippen LogP contribution in [-0.2, 0) is 4.79 Å². The predicted molar refractivity (Wildman–Crippen MR) is 70.6 cm³/mol. The predicted octanol–water partition coefficient (Wildman–Crippen LogP) is 2.01. The van der Waals surface area contributed by atoms with Gasteiger partial charge in [-0.1, -0.05) is 0 Å². The van der Waals surface area contributed by atoms with Crippen molar-refractivity contribution in [2.75, 3.05) is 18.0 Å². The number of hydrogen-bond acceptors (Lipinski definition) is 4. The van der Waals surface area contributed by atoms with E-state index in [2.05, 4.69) is 0 Å². The molecule has 2 aromatic rings. The third kappa shape index (κ3) is 2.50. The molecule has 18 heavy (non-hydrogen) atoms. The second-order valence-electron chi connectivity index (χ2n) is 3.84. The summed E-state index contributed by atoms with van der Waals surface area (Å²) in [5.41, 5.74) is 1.09. The van der Waals surface area contributed by atoms with E-state index >= 15 is 0 Å². The lowest BCUT2D eigenvalue weighted by Gasteiger charge is -2.20. The van der Waals surface area contributed by atoms with Crippen LogP contribution in [0.25, 0.3) is 11.0 Å². The van der Waals surface area contributed by atoms with E-state index in [1.165, 1.54) is 12.1 Å². The Hall–Kier alpha value is -2.32. The molecule has 2 rings (SSSR count). The van der Waals surface area contributed by atoms with Crippen molar-refractivity contribution in [1.29, 1.82) is 0 Å². The quantitative estimate of drug-likeness (QED) is 0.609. The number of benzene rings is 1. The van der Waals surface area contributed by atoms with Crippen molar-refractivity contribution in [3.05, 3.63) is 46.8 Å². The van der Waals surface area contributed by atoms with Gasteiger partial charge in [-0.25, -0.2) is 9.59 Å². The molecule has 0 saturated carbocycles. The summed E-state index contributed by atoms with van der Waals surface area (Å²) in [6, 6.07) is 8.76. The second-order valence-corrected chi connectivity index (χ2v) is 3.84. The van der Waals surface area contributed by atoms with Crippen LogP contribution in [0.2, 0.25) is 0 Å². The molecule has 4 nitrogen and oxygen atoms in total. The van der Waals surface area contributed by atoms with Gasteiger partial charge in [-0.05, 0) is 25.1 Å². The standard InChI is InChI=1S/C14H13NO3/c1-2-15(8-3-9-16)12-6-4-11-5-7-14(17)18-13(11)10-12/h3-7,10H,2,8H2,1H3. The number of fused-ring (bicyclic) bond motifs is 1. The van der Waals surface area contributed by atoms with E-state index in [0.717, 1.165) is 17.6 Å². The van der Waals surface area contributed by atoms with Gasteiger partial charge in [0.25, 0.3) is 0 Å². The van der Waals surface area contributed by atoms with Gasteiger partial charge in [0.05, 0.1) is 0 Å². The molecular formula is C14H13NO3. The van der Waals surface area contributed by atoms with Gasteiger partial charge in [-0.15, -0.1) is 0 Å². The first kappa shape index (κ1) is 12.1. The van der Waals surface area contributed by atoms with Gasteiger partial charge in [-0.2, -0.15) is 0 Å². The molecule has 0 aliphatic rings. The first-order valence-electron chi connectivity index (χ1n) is 5.73. The second kappa shape index (κ2) is 5.34. The molecule has 1 aromatic heterocycles. The van der Waals surface area contributed by atoms with Crippen LogP contribution in [0.4, 0.5) is 5.69 Å². The highest BCUT2D eigenvalue weighted by Crippen LogP contribution is 2.20. The summed E-state index contributed by atoms with van der Waals surface area (Å²) in [5, 5.41) is 0.875. The molecule has 0 fully saturated rings. The minimum absolute atomic E-state index is 0.365. The number of likely N-dealkylation sites (N-methyl/N-ethyl adjacent to an activating group) is 1. The van der Waals surface area contributed by atoms with Crippen LogP contribution in [-0.4, -0.2) is 19.0 Å². The Kier molecular flexibility index (Phi) is 3.60. The van der Waals surface area contributed by atoms with Gasteiger partial charge >= 0.3 is 5.63 Å². The lowest BCUT2D eigenvalue weighted by molar-refractivity contribution is 0.561. The molecule has 1 heterocycles. The first-order chi connectivity index (χ1) is 8.74. The molecule has 92 valence electrons. The maximum atomic E-state index is 11.2. The average molecular weight is 243 g/mol. The van der Waals surface area contributed by atoms with E-state index in [4.69, 9.17) is 4.42 Å². The van der Waals surface area contributed by atoms with Crippen LogP contribution in [0.15, 0.2) is 45.6 Å². The van der Waals surface area contributed by atoms with Gasteiger partial charge in [0.1, 0.15) is 11.5 Å². The Morgan fingerprint density at radius 1 is 1.33 bits per heavy atom. The molecule has 0 bridgehead atoms. The fourth-order valence-electron chi connectivity index (χ4n) is 1.81. The topological polar surface area (TPSA) is 50.5 Å². The largest absolute Gasteiger partial charge is 0.423 e. The minimum Gasteiger partial charge on any atom is -0.423 e. The molecule has 0 atom stereocenters. The van der Waals surface area contributed by atoms with Gasteiger partial charge in [0.15, 0.2) is 0 Å². The molecule has 0 unspecified atom stereocenters. The summed E-state index contributed by atoms with van der Waals surface area (Å²) >= 11 is 0. The summed E-state index contributed by atoms with van der Waals surface area (Å²) in [7, 11) is 0. The summed E-state index contributed by atoms with van der Waals surface area (Å²) in [6.07, 6.45) is 1.43. The maximum absolute atomic E-state index is 11.2. The minimum atomic E-state index is -0.365. The van der Waals surface area contributed by atoms with E-state index in [1.807, 2.05) is 24.0 Å². The van der Waals surface area contributed by atoms with Gasteiger partial charge < -0.3 is 9.32 Å². The van der Waals surface area contributed by atoms with Gasteiger partial charge in [0, 0.05) is 42.4 Å². The molecule has 0 amide bonds. The van der Waals surface area contributed by atoms with E-state index in [0.29, 0.717) is 12.1 Å². The van der Waals surface area contributed by atoms with Crippen LogP contribution in [0.1, 0.15) is 6.92 Å². The highest BCUT2D eigenvalue weighted by Gasteiger charge is 2.05. The Morgan fingerprint density at radius 3 is 2.83 bits per heavy atom. The van der Waals surface area contributed by atoms with E-state index in [9.17, 15) is 9.59 Å². The van der Waals surface area contributed by atoms with E-state index in [1.54, 1.807) is 18.1 Å². The fraction of sp³-hybridized carbons (Fsp3) is 0.214. The summed E-state index contributed by atoms with van der Waals surface area (Å²) in [6.45, 7) is 3.23. The molecule has 0 aliphatic carbocycles. The van der Waals surface area contributed by atoms with Crippen LogP contribution in [0, 0.1) is 0 Å². The summed E-state index contributed by atoms with van der Waals surface area (Å²) < 4.78 is 5.13. The van der Waals surface area contributed by atoms with Crippen molar-refractivity contribution in [2.45, 2.75) is 6.92 Å². The smallest absolute Gasteiger partial charge is 0.336 e. The Balaban J connectivity index is 2.44. The number of hydrogen-bond donors (Lipinski definition) is 0. The lowest BCUT2D eigenvalue weighted by atomic mass is 10.2. The average Bonchev–Trinajstić information content (AvgIpc) is 2.39. The van der Waals surface area contributed by atoms with Crippen molar-refractivity contribution < 1.29 is 9.21 Å². The monoisotopic (exact) mass is 243 g/mol. The van der Waals surface area contributed by atoms with E-state index < -0.39 is 0 Å². The van der Waals surface area contributed by atoms with Crippen LogP contribution >= 0.6 is 0 Å². The van der Waals surface area contributed by atoms with Crippen molar-refractivity contribution >= 4 is 22.6 Å². The fourth-order valence-corrected chi connectivity index (χ4v) is 1.81. The number of nitrogens with zero attached hydrogens (tertiary/aromatic N) is 1. The normalized spacial score (nSPS) is 10.1. The lowest BCUT2D eigenvalue weighted by Crippen LogP contribution is -2.22. The van der Waals surface area contributed by atoms with Crippen molar-refractivity contribution in [2.24, 2.45) is 0 Å². The molecular weight excluding hydrogens is 230 g/mol. The zero-order valence-electron chi connectivity index (χ0n) is 10.1. The Labute approximate surface area is 104 Å².